The summed E-state index contributed by atoms with van der Waals surface area (Å²) < 4.78 is 0. The molecule has 6 aromatic rings. The monoisotopic (exact) mass is 874 g/mol. The molecule has 2 aliphatic carbocycles. The van der Waals surface area contributed by atoms with Crippen molar-refractivity contribution in [3.8, 4) is 44.9 Å². The van der Waals surface area contributed by atoms with Gasteiger partial charge in [-0.15, -0.1) is 29.3 Å². The molecule has 0 bridgehead atoms. The molecule has 1 atom stereocenters. The summed E-state index contributed by atoms with van der Waals surface area (Å²) in [5.41, 5.74) is 14.0. The van der Waals surface area contributed by atoms with Crippen molar-refractivity contribution in [1.82, 2.24) is 19.9 Å². The summed E-state index contributed by atoms with van der Waals surface area (Å²) in [4.78, 5) is 19.7. The van der Waals surface area contributed by atoms with Crippen LogP contribution in [0.4, 0.5) is 0 Å². The first-order chi connectivity index (χ1) is 25.0. The number of fused-ring (bicyclic) bond motifs is 10. The molecule has 4 nitrogen and oxygen atoms in total. The fraction of sp³-hybridized carbons (Fsp3) is 0.333. The number of aryl methyl sites for hydroxylation is 1. The van der Waals surface area contributed by atoms with Gasteiger partial charge in [0, 0.05) is 42.7 Å². The van der Waals surface area contributed by atoms with Crippen LogP contribution in [-0.4, -0.2) is 19.9 Å². The van der Waals surface area contributed by atoms with Crippen molar-refractivity contribution in [2.24, 2.45) is 0 Å². The summed E-state index contributed by atoms with van der Waals surface area (Å²) in [6.45, 7) is 15.1. The van der Waals surface area contributed by atoms with Crippen molar-refractivity contribution in [1.29, 1.82) is 0 Å². The largest absolute Gasteiger partial charge is 0.304 e. The quantitative estimate of drug-likeness (QED) is 0.113. The second kappa shape index (κ2) is 14.2. The Morgan fingerprint density at radius 3 is 1.83 bits per heavy atom. The molecule has 5 heteroatoms. The number of pyridine rings is 1. The molecular formula is C48H49IrN4-. The van der Waals surface area contributed by atoms with Crippen LogP contribution in [0, 0.1) is 6.07 Å². The Labute approximate surface area is 329 Å². The van der Waals surface area contributed by atoms with E-state index in [2.05, 4.69) is 146 Å². The zero-order chi connectivity index (χ0) is 36.3. The summed E-state index contributed by atoms with van der Waals surface area (Å²) >= 11 is 0. The molecule has 1 spiro atoms. The molecule has 1 radical (unpaired) electrons. The van der Waals surface area contributed by atoms with Gasteiger partial charge in [0.2, 0.25) is 0 Å². The van der Waals surface area contributed by atoms with Gasteiger partial charge in [-0.3, -0.25) is 0 Å². The van der Waals surface area contributed by atoms with Crippen LogP contribution < -0.4 is 0 Å². The Hall–Kier alpha value is -4.31. The van der Waals surface area contributed by atoms with E-state index in [0.29, 0.717) is 5.82 Å². The molecule has 0 fully saturated rings. The summed E-state index contributed by atoms with van der Waals surface area (Å²) in [5.74, 6) is 2.25. The van der Waals surface area contributed by atoms with Crippen molar-refractivity contribution in [2.75, 3.05) is 0 Å². The van der Waals surface area contributed by atoms with Crippen LogP contribution in [-0.2, 0) is 42.8 Å². The maximum atomic E-state index is 5.02. The molecule has 0 saturated carbocycles. The zero-order valence-corrected chi connectivity index (χ0v) is 34.5. The fourth-order valence-corrected chi connectivity index (χ4v) is 8.22. The molecule has 1 unspecified atom stereocenters. The minimum atomic E-state index is -0.405. The van der Waals surface area contributed by atoms with Crippen LogP contribution in [0.1, 0.15) is 120 Å². The minimum absolute atomic E-state index is 0. The molecule has 271 valence electrons. The first-order valence-corrected chi connectivity index (χ1v) is 19.1. The molecule has 0 aliphatic heterocycles. The van der Waals surface area contributed by atoms with Crippen molar-refractivity contribution >= 4 is 0 Å². The third-order valence-electron chi connectivity index (χ3n) is 10.9. The van der Waals surface area contributed by atoms with E-state index in [0.717, 1.165) is 34.9 Å². The van der Waals surface area contributed by atoms with Crippen molar-refractivity contribution < 1.29 is 20.1 Å². The van der Waals surface area contributed by atoms with Crippen LogP contribution in [0.3, 0.4) is 0 Å². The third kappa shape index (κ3) is 6.40. The SMILES string of the molecule is CCCCCCCc1ccc2c(c1)C1(c3ccccc3-c3c[c-]c(-c4ccc(-c5nc(C(C)(C)C)nc(C(C)(C)C)n5)cn4)cc31)c1ccccc1-2.[Ir]. The number of aromatic nitrogens is 4. The van der Waals surface area contributed by atoms with Crippen LogP contribution in [0.5, 0.6) is 0 Å². The maximum absolute atomic E-state index is 5.02. The molecule has 0 N–H and O–H groups in total. The number of nitrogens with zero attached hydrogens (tertiary/aromatic N) is 4. The number of hydrogen-bond acceptors (Lipinski definition) is 4. The van der Waals surface area contributed by atoms with E-state index in [4.69, 9.17) is 19.9 Å². The van der Waals surface area contributed by atoms with Gasteiger partial charge >= 0.3 is 0 Å². The Morgan fingerprint density at radius 1 is 0.604 bits per heavy atom. The van der Waals surface area contributed by atoms with Crippen LogP contribution in [0.2, 0.25) is 0 Å². The Kier molecular flexibility index (Phi) is 9.89. The molecule has 2 aliphatic rings. The molecule has 2 aromatic heterocycles. The van der Waals surface area contributed by atoms with Gasteiger partial charge in [-0.05, 0) is 51.9 Å². The van der Waals surface area contributed by atoms with E-state index < -0.39 is 5.41 Å². The number of benzene rings is 4. The standard InChI is InChI=1S/C48H49N4.Ir/c1-8-9-10-11-12-17-31-22-25-36-34-18-13-15-20-38(34)48(40(36)28-31)39-21-16-14-19-35(39)37-26-23-32(29-41(37)48)42-27-24-33(30-49-42)43-50-44(46(2,3)4)52-45(51-43)47(5,6)7;/h13-16,18-22,24-30H,8-12,17H2,1-7H3;/q-1;. The first-order valence-electron chi connectivity index (χ1n) is 19.1. The minimum Gasteiger partial charge on any atom is -0.304 e. The van der Waals surface area contributed by atoms with Crippen molar-refractivity contribution in [3.63, 3.8) is 0 Å². The normalized spacial score (nSPS) is 15.5. The first kappa shape index (κ1) is 37.0. The average Bonchev–Trinajstić information content (AvgIpc) is 3.60. The average molecular weight is 874 g/mol. The van der Waals surface area contributed by atoms with Gasteiger partial charge in [0.15, 0.2) is 5.82 Å². The predicted molar refractivity (Wildman–Crippen MR) is 213 cm³/mol. The number of rotatable bonds is 8. The Morgan fingerprint density at radius 2 is 1.21 bits per heavy atom. The maximum Gasteiger partial charge on any atom is 0.164 e. The van der Waals surface area contributed by atoms with E-state index >= 15 is 0 Å². The smallest absolute Gasteiger partial charge is 0.164 e. The summed E-state index contributed by atoms with van der Waals surface area (Å²) in [6.07, 6.45) is 9.44. The fourth-order valence-electron chi connectivity index (χ4n) is 8.22. The molecule has 2 heterocycles. The number of unbranched alkanes of at least 4 members (excludes halogenated alkanes) is 4. The van der Waals surface area contributed by atoms with Gasteiger partial charge in [-0.2, -0.15) is 0 Å². The molecule has 4 aromatic carbocycles. The van der Waals surface area contributed by atoms with Gasteiger partial charge in [0.1, 0.15) is 11.6 Å². The Bertz CT molecular complexity index is 2250. The molecule has 0 amide bonds. The van der Waals surface area contributed by atoms with E-state index in [1.165, 1.54) is 82.2 Å². The van der Waals surface area contributed by atoms with E-state index in [9.17, 15) is 0 Å². The molecule has 0 saturated heterocycles. The van der Waals surface area contributed by atoms with Crippen LogP contribution >= 0.6 is 0 Å². The molecule has 8 rings (SSSR count). The summed E-state index contributed by atoms with van der Waals surface area (Å²) in [6, 6.07) is 37.7. The van der Waals surface area contributed by atoms with Gasteiger partial charge in [-0.25, -0.2) is 15.0 Å². The van der Waals surface area contributed by atoms with Gasteiger partial charge in [-0.1, -0.05) is 164 Å². The van der Waals surface area contributed by atoms with E-state index in [1.807, 2.05) is 6.20 Å². The van der Waals surface area contributed by atoms with Gasteiger partial charge < -0.3 is 4.98 Å². The van der Waals surface area contributed by atoms with Crippen LogP contribution in [0.15, 0.2) is 97.2 Å². The van der Waals surface area contributed by atoms with Crippen molar-refractivity contribution in [2.45, 2.75) is 103 Å². The van der Waals surface area contributed by atoms with E-state index in [1.54, 1.807) is 0 Å². The number of hydrogen-bond donors (Lipinski definition) is 0. The second-order valence-electron chi connectivity index (χ2n) is 16.8. The summed E-state index contributed by atoms with van der Waals surface area (Å²) in [5, 5.41) is 0. The molecular weight excluding hydrogens is 825 g/mol. The molecule has 53 heavy (non-hydrogen) atoms. The topological polar surface area (TPSA) is 51.6 Å². The van der Waals surface area contributed by atoms with Gasteiger partial charge in [0.05, 0.1) is 5.41 Å². The van der Waals surface area contributed by atoms with Crippen molar-refractivity contribution in [3.05, 3.63) is 143 Å². The predicted octanol–water partition coefficient (Wildman–Crippen LogP) is 11.8. The Balaban J connectivity index is 0.00000435. The zero-order valence-electron chi connectivity index (χ0n) is 32.1. The summed E-state index contributed by atoms with van der Waals surface area (Å²) in [7, 11) is 0. The third-order valence-corrected chi connectivity index (χ3v) is 10.9. The second-order valence-corrected chi connectivity index (χ2v) is 16.8. The van der Waals surface area contributed by atoms with E-state index in [-0.39, 0.29) is 30.9 Å². The van der Waals surface area contributed by atoms with Gasteiger partial charge in [0.25, 0.3) is 0 Å². The van der Waals surface area contributed by atoms with Crippen LogP contribution in [0.25, 0.3) is 44.9 Å².